The van der Waals surface area contributed by atoms with Crippen LogP contribution in [0.2, 0.25) is 0 Å². The normalized spacial score (nSPS) is 16.1. The van der Waals surface area contributed by atoms with Crippen LogP contribution in [0.5, 0.6) is 0 Å². The lowest BCUT2D eigenvalue weighted by Gasteiger charge is -2.40. The van der Waals surface area contributed by atoms with Crippen molar-refractivity contribution in [1.29, 1.82) is 5.26 Å². The van der Waals surface area contributed by atoms with Gasteiger partial charge < -0.3 is 10.1 Å². The number of nitriles is 1. The Morgan fingerprint density at radius 2 is 2.00 bits per heavy atom. The van der Waals surface area contributed by atoms with Gasteiger partial charge in [0.25, 0.3) is 15.9 Å². The average molecular weight is 559 g/mol. The quantitative estimate of drug-likeness (QED) is 0.202. The number of terminal acetylenes is 1. The number of amides is 1. The van der Waals surface area contributed by atoms with Gasteiger partial charge in [0.1, 0.15) is 4.21 Å². The molecule has 1 saturated heterocycles. The monoisotopic (exact) mass is 558 g/mol. The van der Waals surface area contributed by atoms with Crippen molar-refractivity contribution in [3.8, 4) is 29.7 Å². The summed E-state index contributed by atoms with van der Waals surface area (Å²) in [7, 11) is -3.84. The van der Waals surface area contributed by atoms with Crippen molar-refractivity contribution in [2.75, 3.05) is 19.6 Å². The fourth-order valence-electron chi connectivity index (χ4n) is 4.49. The molecule has 1 atom stereocenters. The Morgan fingerprint density at radius 1 is 1.21 bits per heavy atom. The number of nitrogens with zero attached hydrogens (tertiary/aromatic N) is 6. The summed E-state index contributed by atoms with van der Waals surface area (Å²) >= 11 is 1.15. The molecule has 4 aromatic rings. The smallest absolute Gasteiger partial charge is 0.291 e. The molecule has 1 unspecified atom stereocenters. The highest BCUT2D eigenvalue weighted by Crippen LogP contribution is 2.33. The fourth-order valence-corrected chi connectivity index (χ4v) is 7.55. The van der Waals surface area contributed by atoms with E-state index in [1.54, 1.807) is 42.5 Å². The van der Waals surface area contributed by atoms with Gasteiger partial charge in [0.2, 0.25) is 11.5 Å². The molecule has 12 heteroatoms. The molecule has 39 heavy (non-hydrogen) atoms. The third-order valence-electron chi connectivity index (χ3n) is 6.52. The van der Waals surface area contributed by atoms with Crippen LogP contribution in [0.1, 0.15) is 29.0 Å². The predicted molar refractivity (Wildman–Crippen MR) is 145 cm³/mol. The van der Waals surface area contributed by atoms with Crippen LogP contribution < -0.4 is 4.73 Å². The topological polar surface area (TPSA) is 134 Å². The Kier molecular flexibility index (Phi) is 7.26. The van der Waals surface area contributed by atoms with E-state index in [4.69, 9.17) is 6.42 Å². The highest BCUT2D eigenvalue weighted by molar-refractivity contribution is 7.91. The Bertz CT molecular complexity index is 1740. The molecular formula is C27H22N6O4S2. The average Bonchev–Trinajstić information content (AvgIpc) is 3.40. The fraction of sp³-hybridized carbons (Fsp3) is 0.222. The molecule has 0 N–H and O–H groups in total. The van der Waals surface area contributed by atoms with Gasteiger partial charge in [-0.3, -0.25) is 4.79 Å². The number of fused-ring (bicyclic) bond motifs is 1. The molecule has 0 radical (unpaired) electrons. The summed E-state index contributed by atoms with van der Waals surface area (Å²) in [5.41, 5.74) is 1.47. The number of piperazine rings is 1. The van der Waals surface area contributed by atoms with E-state index in [2.05, 4.69) is 22.0 Å². The largest absolute Gasteiger partial charge is 0.618 e. The minimum atomic E-state index is -3.84. The van der Waals surface area contributed by atoms with Crippen molar-refractivity contribution in [2.24, 2.45) is 0 Å². The first kappa shape index (κ1) is 26.3. The second-order valence-electron chi connectivity index (χ2n) is 8.88. The molecule has 3 aromatic heterocycles. The van der Waals surface area contributed by atoms with Gasteiger partial charge in [-0.2, -0.15) is 14.3 Å². The minimum absolute atomic E-state index is 0.0396. The van der Waals surface area contributed by atoms with Crippen LogP contribution in [0.4, 0.5) is 0 Å². The summed E-state index contributed by atoms with van der Waals surface area (Å²) in [5, 5.41) is 22.0. The van der Waals surface area contributed by atoms with Crippen molar-refractivity contribution in [2.45, 2.75) is 23.1 Å². The summed E-state index contributed by atoms with van der Waals surface area (Å²) in [6.45, 7) is 0.238. The summed E-state index contributed by atoms with van der Waals surface area (Å²) < 4.78 is 30.1. The van der Waals surface area contributed by atoms with Gasteiger partial charge in [-0.05, 0) is 36.1 Å². The third-order valence-corrected chi connectivity index (χ3v) is 9.93. The number of hydrogen-bond donors (Lipinski definition) is 0. The standard InChI is InChI=1S/C27H22N6O4S2/c1-2-19-8-9-20-15-25(38-24(20)14-19)39(36,37)31-12-13-32(22(18-31)6-5-10-28)27(34)26-29-16-21(17-30-26)23-7-3-4-11-33(23)35/h1,3-4,7-9,11,14-17,22H,5-6,12-13,18H2. The molecule has 5 rings (SSSR count). The first-order valence-electron chi connectivity index (χ1n) is 12.0. The zero-order valence-corrected chi connectivity index (χ0v) is 22.2. The summed E-state index contributed by atoms with van der Waals surface area (Å²) in [4.78, 5) is 23.2. The van der Waals surface area contributed by atoms with Gasteiger partial charge in [-0.1, -0.05) is 12.0 Å². The van der Waals surface area contributed by atoms with E-state index in [1.165, 1.54) is 27.8 Å². The molecule has 1 fully saturated rings. The highest BCUT2D eigenvalue weighted by atomic mass is 32.2. The second kappa shape index (κ2) is 10.8. The van der Waals surface area contributed by atoms with Gasteiger partial charge in [-0.25, -0.2) is 18.4 Å². The Morgan fingerprint density at radius 3 is 2.72 bits per heavy atom. The van der Waals surface area contributed by atoms with Crippen molar-refractivity contribution in [3.63, 3.8) is 0 Å². The lowest BCUT2D eigenvalue weighted by atomic mass is 10.1. The highest BCUT2D eigenvalue weighted by Gasteiger charge is 2.37. The number of pyridine rings is 1. The summed E-state index contributed by atoms with van der Waals surface area (Å²) in [5.74, 6) is 2.02. The number of benzene rings is 1. The van der Waals surface area contributed by atoms with Crippen molar-refractivity contribution in [3.05, 3.63) is 77.7 Å². The Hall–Kier alpha value is -4.36. The van der Waals surface area contributed by atoms with Crippen LogP contribution in [0.3, 0.4) is 0 Å². The molecule has 0 bridgehead atoms. The Balaban J connectivity index is 1.37. The third kappa shape index (κ3) is 5.18. The molecule has 0 aliphatic carbocycles. The molecule has 196 valence electrons. The van der Waals surface area contributed by atoms with Gasteiger partial charge in [0.15, 0.2) is 6.20 Å². The lowest BCUT2D eigenvalue weighted by Crippen LogP contribution is -2.56. The van der Waals surface area contributed by atoms with E-state index in [-0.39, 0.29) is 36.1 Å². The molecule has 0 saturated carbocycles. The van der Waals surface area contributed by atoms with E-state index in [0.29, 0.717) is 28.0 Å². The zero-order valence-electron chi connectivity index (χ0n) is 20.6. The van der Waals surface area contributed by atoms with Crippen LogP contribution in [0, 0.1) is 28.9 Å². The number of carbonyl (C=O) groups is 1. The minimum Gasteiger partial charge on any atom is -0.618 e. The van der Waals surface area contributed by atoms with E-state index < -0.39 is 22.0 Å². The molecule has 10 nitrogen and oxygen atoms in total. The second-order valence-corrected chi connectivity index (χ2v) is 12.1. The van der Waals surface area contributed by atoms with Gasteiger partial charge in [0.05, 0.1) is 11.6 Å². The SMILES string of the molecule is C#Cc1ccc2cc(S(=O)(=O)N3CCN(C(=O)c4ncc(-c5cccc[n+]5[O-])cn4)C(CCC#N)C3)sc2c1. The number of thiophene rings is 1. The molecular weight excluding hydrogens is 536 g/mol. The molecule has 4 heterocycles. The molecule has 1 aliphatic heterocycles. The van der Waals surface area contributed by atoms with Crippen LogP contribution in [0.25, 0.3) is 21.3 Å². The van der Waals surface area contributed by atoms with Crippen molar-refractivity contribution in [1.82, 2.24) is 19.2 Å². The summed E-state index contributed by atoms with van der Waals surface area (Å²) in [6, 6.07) is 13.4. The summed E-state index contributed by atoms with van der Waals surface area (Å²) in [6.07, 6.45) is 10.1. The van der Waals surface area contributed by atoms with Crippen molar-refractivity contribution < 1.29 is 17.9 Å². The Labute approximate surface area is 229 Å². The van der Waals surface area contributed by atoms with Crippen LogP contribution in [0.15, 0.2) is 65.3 Å². The number of carbonyl (C=O) groups excluding carboxylic acids is 1. The molecule has 1 aliphatic rings. The van der Waals surface area contributed by atoms with Crippen LogP contribution >= 0.6 is 11.3 Å². The molecule has 0 spiro atoms. The first-order valence-corrected chi connectivity index (χ1v) is 14.3. The van der Waals surface area contributed by atoms with E-state index in [9.17, 15) is 23.7 Å². The maximum absolute atomic E-state index is 13.6. The van der Waals surface area contributed by atoms with Crippen LogP contribution in [-0.4, -0.2) is 59.2 Å². The lowest BCUT2D eigenvalue weighted by molar-refractivity contribution is -0.593. The molecule has 1 amide bonds. The first-order chi connectivity index (χ1) is 18.8. The zero-order chi connectivity index (χ0) is 27.6. The maximum atomic E-state index is 13.6. The van der Waals surface area contributed by atoms with E-state index in [1.807, 2.05) is 0 Å². The maximum Gasteiger partial charge on any atom is 0.291 e. The number of aromatic nitrogens is 3. The number of hydrogen-bond acceptors (Lipinski definition) is 8. The van der Waals surface area contributed by atoms with Gasteiger partial charge in [-0.15, -0.1) is 17.8 Å². The van der Waals surface area contributed by atoms with E-state index in [0.717, 1.165) is 21.4 Å². The van der Waals surface area contributed by atoms with E-state index >= 15 is 0 Å². The number of rotatable bonds is 6. The van der Waals surface area contributed by atoms with Gasteiger partial charge in [0, 0.05) is 66.9 Å². The number of sulfonamides is 1. The molecule has 1 aromatic carbocycles. The predicted octanol–water partition coefficient (Wildman–Crippen LogP) is 2.79. The van der Waals surface area contributed by atoms with Crippen LogP contribution in [-0.2, 0) is 10.0 Å². The van der Waals surface area contributed by atoms with Gasteiger partial charge >= 0.3 is 0 Å². The van der Waals surface area contributed by atoms with Crippen molar-refractivity contribution >= 4 is 37.4 Å².